The Morgan fingerprint density at radius 3 is 2.57 bits per heavy atom. The van der Waals surface area contributed by atoms with Gasteiger partial charge in [-0.2, -0.15) is 0 Å². The first-order chi connectivity index (χ1) is 13.7. The second-order valence-corrected chi connectivity index (χ2v) is 8.10. The number of aryl methyl sites for hydroxylation is 1. The van der Waals surface area contributed by atoms with Crippen LogP contribution in [0.4, 0.5) is 0 Å². The zero-order chi connectivity index (χ0) is 19.3. The van der Waals surface area contributed by atoms with Gasteiger partial charge in [-0.05, 0) is 81.4 Å². The Morgan fingerprint density at radius 1 is 1.14 bits per heavy atom. The van der Waals surface area contributed by atoms with Crippen LogP contribution < -0.4 is 10.1 Å². The van der Waals surface area contributed by atoms with Gasteiger partial charge in [0.1, 0.15) is 5.75 Å². The minimum atomic E-state index is -0.0505. The minimum absolute atomic E-state index is 0.0505. The van der Waals surface area contributed by atoms with Gasteiger partial charge in [0, 0.05) is 25.0 Å². The molecule has 0 spiro atoms. The number of nitrogens with one attached hydrogen (secondary N) is 1. The number of carbonyl (C=O) groups excluding carboxylic acids is 1. The quantitative estimate of drug-likeness (QED) is 0.799. The Balaban J connectivity index is 1.16. The second-order valence-electron chi connectivity index (χ2n) is 8.10. The van der Waals surface area contributed by atoms with E-state index in [4.69, 9.17) is 4.74 Å². The summed E-state index contributed by atoms with van der Waals surface area (Å²) in [5, 5.41) is 3.01. The van der Waals surface area contributed by atoms with Crippen molar-refractivity contribution >= 4 is 5.91 Å². The van der Waals surface area contributed by atoms with Crippen molar-refractivity contribution in [1.29, 1.82) is 0 Å². The van der Waals surface area contributed by atoms with Gasteiger partial charge in [-0.15, -0.1) is 0 Å². The molecular weight excluding hydrogens is 350 g/mol. The highest BCUT2D eigenvalue weighted by Gasteiger charge is 2.31. The van der Waals surface area contributed by atoms with Crippen molar-refractivity contribution in [2.45, 2.75) is 45.3 Å². The normalized spacial score (nSPS) is 21.9. The van der Waals surface area contributed by atoms with Crippen LogP contribution in [-0.2, 0) is 6.54 Å². The highest BCUT2D eigenvalue weighted by atomic mass is 16.5. The third-order valence-corrected chi connectivity index (χ3v) is 5.75. The van der Waals surface area contributed by atoms with E-state index in [9.17, 15) is 4.79 Å². The molecule has 1 amide bonds. The SMILES string of the molecule is Cc1ccc(C(=O)NCC2CC(Oc3ccc(CN4CCCC4)cc3)C2)cn1. The van der Waals surface area contributed by atoms with Crippen LogP contribution in [0.1, 0.15) is 47.3 Å². The molecule has 1 N–H and O–H groups in total. The number of pyridine rings is 1. The zero-order valence-electron chi connectivity index (χ0n) is 16.6. The lowest BCUT2D eigenvalue weighted by Crippen LogP contribution is -2.41. The molecule has 28 heavy (non-hydrogen) atoms. The highest BCUT2D eigenvalue weighted by molar-refractivity contribution is 5.93. The summed E-state index contributed by atoms with van der Waals surface area (Å²) in [7, 11) is 0. The fraction of sp³-hybridized carbons (Fsp3) is 0.478. The van der Waals surface area contributed by atoms with Gasteiger partial charge in [-0.25, -0.2) is 0 Å². The molecule has 0 bridgehead atoms. The number of benzene rings is 1. The molecular formula is C23H29N3O2. The van der Waals surface area contributed by atoms with E-state index in [-0.39, 0.29) is 12.0 Å². The molecule has 2 heterocycles. The summed E-state index contributed by atoms with van der Waals surface area (Å²) < 4.78 is 6.07. The maximum absolute atomic E-state index is 12.1. The van der Waals surface area contributed by atoms with E-state index in [0.29, 0.717) is 18.0 Å². The predicted molar refractivity (Wildman–Crippen MR) is 109 cm³/mol. The molecule has 1 aromatic heterocycles. The van der Waals surface area contributed by atoms with Crippen molar-refractivity contribution in [3.05, 3.63) is 59.4 Å². The summed E-state index contributed by atoms with van der Waals surface area (Å²) in [4.78, 5) is 18.8. The van der Waals surface area contributed by atoms with E-state index >= 15 is 0 Å². The van der Waals surface area contributed by atoms with Crippen LogP contribution in [0.5, 0.6) is 5.75 Å². The van der Waals surface area contributed by atoms with Crippen LogP contribution in [-0.4, -0.2) is 41.5 Å². The van der Waals surface area contributed by atoms with Gasteiger partial charge < -0.3 is 10.1 Å². The number of hydrogen-bond donors (Lipinski definition) is 1. The number of likely N-dealkylation sites (tertiary alicyclic amines) is 1. The maximum atomic E-state index is 12.1. The van der Waals surface area contributed by atoms with Crippen LogP contribution in [0.25, 0.3) is 0 Å². The van der Waals surface area contributed by atoms with E-state index in [1.165, 1.54) is 31.5 Å². The van der Waals surface area contributed by atoms with Crippen molar-refractivity contribution in [3.8, 4) is 5.75 Å². The molecule has 1 saturated carbocycles. The molecule has 1 saturated heterocycles. The second kappa shape index (κ2) is 8.74. The molecule has 0 unspecified atom stereocenters. The first-order valence-electron chi connectivity index (χ1n) is 10.3. The fourth-order valence-corrected chi connectivity index (χ4v) is 3.94. The van der Waals surface area contributed by atoms with Crippen molar-refractivity contribution in [3.63, 3.8) is 0 Å². The monoisotopic (exact) mass is 379 g/mol. The third kappa shape index (κ3) is 4.90. The number of ether oxygens (including phenoxy) is 1. The van der Waals surface area contributed by atoms with Crippen molar-refractivity contribution in [1.82, 2.24) is 15.2 Å². The Hall–Kier alpha value is -2.40. The first-order valence-corrected chi connectivity index (χ1v) is 10.3. The molecule has 4 rings (SSSR count). The van der Waals surface area contributed by atoms with Crippen molar-refractivity contribution in [2.75, 3.05) is 19.6 Å². The van der Waals surface area contributed by atoms with Gasteiger partial charge in [0.05, 0.1) is 11.7 Å². The Bertz CT molecular complexity index is 776. The van der Waals surface area contributed by atoms with Gasteiger partial charge in [-0.3, -0.25) is 14.7 Å². The standard InChI is InChI=1S/C23H29N3O2/c1-17-4-7-20(15-24-17)23(27)25-14-19-12-22(13-19)28-21-8-5-18(6-9-21)16-26-10-2-3-11-26/h4-9,15,19,22H,2-3,10-14,16H2,1H3,(H,25,27). The summed E-state index contributed by atoms with van der Waals surface area (Å²) in [5.41, 5.74) is 2.89. The summed E-state index contributed by atoms with van der Waals surface area (Å²) in [6, 6.07) is 12.2. The first kappa shape index (κ1) is 18.9. The van der Waals surface area contributed by atoms with Crippen LogP contribution in [0.15, 0.2) is 42.6 Å². The third-order valence-electron chi connectivity index (χ3n) is 5.75. The lowest BCUT2D eigenvalue weighted by Gasteiger charge is -2.35. The fourth-order valence-electron chi connectivity index (χ4n) is 3.94. The average Bonchev–Trinajstić information content (AvgIpc) is 3.18. The maximum Gasteiger partial charge on any atom is 0.252 e. The van der Waals surface area contributed by atoms with Crippen molar-refractivity contribution < 1.29 is 9.53 Å². The molecule has 148 valence electrons. The average molecular weight is 380 g/mol. The Labute approximate surface area is 167 Å². The van der Waals surface area contributed by atoms with E-state index < -0.39 is 0 Å². The van der Waals surface area contributed by atoms with E-state index in [1.54, 1.807) is 6.20 Å². The molecule has 2 aromatic rings. The molecule has 1 aromatic carbocycles. The van der Waals surface area contributed by atoms with Gasteiger partial charge in [0.2, 0.25) is 0 Å². The topological polar surface area (TPSA) is 54.5 Å². The van der Waals surface area contributed by atoms with Crippen molar-refractivity contribution in [2.24, 2.45) is 5.92 Å². The predicted octanol–water partition coefficient (Wildman–Crippen LogP) is 3.57. The Kier molecular flexibility index (Phi) is 5.91. The molecule has 2 aliphatic rings. The lowest BCUT2D eigenvalue weighted by molar-refractivity contribution is 0.0617. The summed E-state index contributed by atoms with van der Waals surface area (Å²) in [6.45, 7) is 6.10. The minimum Gasteiger partial charge on any atom is -0.490 e. The number of hydrogen-bond acceptors (Lipinski definition) is 4. The summed E-state index contributed by atoms with van der Waals surface area (Å²) in [6.07, 6.45) is 6.51. The molecule has 1 aliphatic carbocycles. The van der Waals surface area contributed by atoms with Crippen LogP contribution >= 0.6 is 0 Å². The van der Waals surface area contributed by atoms with E-state index in [2.05, 4.69) is 39.5 Å². The van der Waals surface area contributed by atoms with Gasteiger partial charge in [0.15, 0.2) is 0 Å². The molecule has 5 nitrogen and oxygen atoms in total. The smallest absolute Gasteiger partial charge is 0.252 e. The Morgan fingerprint density at radius 2 is 1.89 bits per heavy atom. The van der Waals surface area contributed by atoms with E-state index in [0.717, 1.165) is 30.8 Å². The number of amides is 1. The van der Waals surface area contributed by atoms with Gasteiger partial charge in [-0.1, -0.05) is 12.1 Å². The summed E-state index contributed by atoms with van der Waals surface area (Å²) >= 11 is 0. The molecule has 2 fully saturated rings. The molecule has 0 radical (unpaired) electrons. The molecule has 5 heteroatoms. The number of carbonyl (C=O) groups is 1. The van der Waals surface area contributed by atoms with Crippen LogP contribution in [0.2, 0.25) is 0 Å². The van der Waals surface area contributed by atoms with Gasteiger partial charge >= 0.3 is 0 Å². The molecule has 1 aliphatic heterocycles. The summed E-state index contributed by atoms with van der Waals surface area (Å²) in [5.74, 6) is 1.38. The number of rotatable bonds is 7. The highest BCUT2D eigenvalue weighted by Crippen LogP contribution is 2.31. The van der Waals surface area contributed by atoms with Crippen LogP contribution in [0.3, 0.4) is 0 Å². The number of aromatic nitrogens is 1. The lowest BCUT2D eigenvalue weighted by atomic mass is 9.82. The van der Waals surface area contributed by atoms with Crippen LogP contribution in [0, 0.1) is 12.8 Å². The zero-order valence-corrected chi connectivity index (χ0v) is 16.6. The largest absolute Gasteiger partial charge is 0.490 e. The number of nitrogens with zero attached hydrogens (tertiary/aromatic N) is 2. The van der Waals surface area contributed by atoms with E-state index in [1.807, 2.05) is 19.1 Å². The molecule has 0 atom stereocenters. The van der Waals surface area contributed by atoms with Gasteiger partial charge in [0.25, 0.3) is 5.91 Å².